The summed E-state index contributed by atoms with van der Waals surface area (Å²) < 4.78 is 3.58. The predicted octanol–water partition coefficient (Wildman–Crippen LogP) is 3.07. The van der Waals surface area contributed by atoms with Crippen LogP contribution in [0.15, 0.2) is 41.5 Å². The van der Waals surface area contributed by atoms with Gasteiger partial charge in [0.05, 0.1) is 22.7 Å². The SMILES string of the molecule is Cn1c(=O)n(CC2CCC2)c2ccc(-c3cnccc3C#N)cc21. The summed E-state index contributed by atoms with van der Waals surface area (Å²) >= 11 is 0. The van der Waals surface area contributed by atoms with Crippen LogP contribution in [-0.2, 0) is 13.6 Å². The van der Waals surface area contributed by atoms with E-state index < -0.39 is 0 Å². The molecular weight excluding hydrogens is 300 g/mol. The third-order valence-electron chi connectivity index (χ3n) is 5.06. The molecule has 120 valence electrons. The molecule has 2 heterocycles. The molecule has 1 fully saturated rings. The number of imidazole rings is 1. The summed E-state index contributed by atoms with van der Waals surface area (Å²) in [5.41, 5.74) is 4.17. The van der Waals surface area contributed by atoms with Crippen molar-refractivity contribution in [2.45, 2.75) is 25.8 Å². The van der Waals surface area contributed by atoms with E-state index in [-0.39, 0.29) is 5.69 Å². The summed E-state index contributed by atoms with van der Waals surface area (Å²) in [5, 5.41) is 9.29. The lowest BCUT2D eigenvalue weighted by atomic mass is 9.85. The zero-order chi connectivity index (χ0) is 16.7. The van der Waals surface area contributed by atoms with E-state index in [9.17, 15) is 10.1 Å². The lowest BCUT2D eigenvalue weighted by Gasteiger charge is -2.25. The van der Waals surface area contributed by atoms with E-state index in [1.54, 1.807) is 30.1 Å². The zero-order valence-corrected chi connectivity index (χ0v) is 13.6. The summed E-state index contributed by atoms with van der Waals surface area (Å²) in [6.07, 6.45) is 7.01. The average Bonchev–Trinajstić information content (AvgIpc) is 2.82. The molecule has 0 unspecified atom stereocenters. The molecule has 0 atom stereocenters. The first kappa shape index (κ1) is 14.7. The molecular formula is C19H18N4O. The first-order chi connectivity index (χ1) is 11.7. The molecule has 1 aliphatic rings. The fourth-order valence-corrected chi connectivity index (χ4v) is 3.41. The van der Waals surface area contributed by atoms with Crippen LogP contribution in [0.1, 0.15) is 24.8 Å². The maximum Gasteiger partial charge on any atom is 0.328 e. The van der Waals surface area contributed by atoms with Gasteiger partial charge in [-0.3, -0.25) is 14.1 Å². The summed E-state index contributed by atoms with van der Waals surface area (Å²) in [4.78, 5) is 16.7. The number of pyridine rings is 1. The molecule has 5 nitrogen and oxygen atoms in total. The summed E-state index contributed by atoms with van der Waals surface area (Å²) in [6.45, 7) is 0.797. The average molecular weight is 318 g/mol. The van der Waals surface area contributed by atoms with Crippen molar-refractivity contribution in [1.29, 1.82) is 5.26 Å². The Morgan fingerprint density at radius 2 is 2.12 bits per heavy atom. The second-order valence-corrected chi connectivity index (χ2v) is 6.49. The lowest BCUT2D eigenvalue weighted by Crippen LogP contribution is -2.27. The Hall–Kier alpha value is -2.87. The van der Waals surface area contributed by atoms with Gasteiger partial charge in [-0.1, -0.05) is 12.5 Å². The topological polar surface area (TPSA) is 63.6 Å². The fourth-order valence-electron chi connectivity index (χ4n) is 3.41. The van der Waals surface area contributed by atoms with Crippen LogP contribution in [0.25, 0.3) is 22.2 Å². The van der Waals surface area contributed by atoms with Gasteiger partial charge in [-0.05, 0) is 42.5 Å². The van der Waals surface area contributed by atoms with Crippen LogP contribution in [0.4, 0.5) is 0 Å². The minimum absolute atomic E-state index is 0.0285. The van der Waals surface area contributed by atoms with Gasteiger partial charge in [0, 0.05) is 31.5 Å². The number of aryl methyl sites for hydroxylation is 1. The lowest BCUT2D eigenvalue weighted by molar-refractivity contribution is 0.276. The molecule has 0 bridgehead atoms. The highest BCUT2D eigenvalue weighted by Crippen LogP contribution is 2.30. The van der Waals surface area contributed by atoms with Gasteiger partial charge in [0.15, 0.2) is 0 Å². The normalized spacial score (nSPS) is 14.5. The van der Waals surface area contributed by atoms with Crippen molar-refractivity contribution in [2.24, 2.45) is 13.0 Å². The molecule has 0 radical (unpaired) electrons. The van der Waals surface area contributed by atoms with Gasteiger partial charge < -0.3 is 0 Å². The van der Waals surface area contributed by atoms with Crippen molar-refractivity contribution in [3.05, 3.63) is 52.7 Å². The zero-order valence-electron chi connectivity index (χ0n) is 13.6. The van der Waals surface area contributed by atoms with Crippen molar-refractivity contribution in [3.8, 4) is 17.2 Å². The van der Waals surface area contributed by atoms with E-state index in [2.05, 4.69) is 11.1 Å². The van der Waals surface area contributed by atoms with Gasteiger partial charge in [0.25, 0.3) is 0 Å². The molecule has 1 aromatic carbocycles. The van der Waals surface area contributed by atoms with Crippen LogP contribution >= 0.6 is 0 Å². The van der Waals surface area contributed by atoms with Gasteiger partial charge in [-0.25, -0.2) is 4.79 Å². The second-order valence-electron chi connectivity index (χ2n) is 6.49. The van der Waals surface area contributed by atoms with Crippen LogP contribution in [0, 0.1) is 17.2 Å². The van der Waals surface area contributed by atoms with Gasteiger partial charge >= 0.3 is 5.69 Å². The Balaban J connectivity index is 1.86. The van der Waals surface area contributed by atoms with Crippen molar-refractivity contribution in [3.63, 3.8) is 0 Å². The van der Waals surface area contributed by atoms with Crippen LogP contribution in [0.3, 0.4) is 0 Å². The molecule has 0 saturated heterocycles. The molecule has 1 aliphatic carbocycles. The maximum atomic E-state index is 12.6. The van der Waals surface area contributed by atoms with E-state index in [0.717, 1.165) is 28.7 Å². The first-order valence-electron chi connectivity index (χ1n) is 8.23. The molecule has 3 aromatic rings. The van der Waals surface area contributed by atoms with Crippen molar-refractivity contribution in [1.82, 2.24) is 14.1 Å². The minimum atomic E-state index is 0.0285. The van der Waals surface area contributed by atoms with Gasteiger partial charge in [0.2, 0.25) is 0 Å². The molecule has 24 heavy (non-hydrogen) atoms. The number of benzene rings is 1. The monoisotopic (exact) mass is 318 g/mol. The minimum Gasteiger partial charge on any atom is -0.295 e. The Kier molecular flexibility index (Phi) is 3.46. The standard InChI is InChI=1S/C19H18N4O/c1-22-18-9-14(16-11-21-8-7-15(16)10-20)5-6-17(18)23(19(22)24)12-13-3-2-4-13/h5-9,11,13H,2-4,12H2,1H3. The highest BCUT2D eigenvalue weighted by Gasteiger charge is 2.21. The number of nitriles is 1. The number of hydrogen-bond acceptors (Lipinski definition) is 3. The fraction of sp³-hybridized carbons (Fsp3) is 0.316. The molecule has 0 amide bonds. The molecule has 0 aliphatic heterocycles. The number of fused-ring (bicyclic) bond motifs is 1. The first-order valence-corrected chi connectivity index (χ1v) is 8.23. The Morgan fingerprint density at radius 1 is 1.29 bits per heavy atom. The molecule has 5 heteroatoms. The van der Waals surface area contributed by atoms with Crippen molar-refractivity contribution >= 4 is 11.0 Å². The second kappa shape index (κ2) is 5.64. The number of hydrogen-bond donors (Lipinski definition) is 0. The Morgan fingerprint density at radius 3 is 2.83 bits per heavy atom. The Labute approximate surface area is 139 Å². The number of rotatable bonds is 3. The number of nitrogens with zero attached hydrogens (tertiary/aromatic N) is 4. The molecule has 2 aromatic heterocycles. The van der Waals surface area contributed by atoms with E-state index in [0.29, 0.717) is 11.5 Å². The van der Waals surface area contributed by atoms with Crippen LogP contribution < -0.4 is 5.69 Å². The van der Waals surface area contributed by atoms with Crippen molar-refractivity contribution < 1.29 is 0 Å². The molecule has 1 saturated carbocycles. The smallest absolute Gasteiger partial charge is 0.295 e. The predicted molar refractivity (Wildman–Crippen MR) is 92.5 cm³/mol. The third kappa shape index (κ3) is 2.23. The van der Waals surface area contributed by atoms with E-state index >= 15 is 0 Å². The highest BCUT2D eigenvalue weighted by atomic mass is 16.1. The summed E-state index contributed by atoms with van der Waals surface area (Å²) in [5.74, 6) is 0.622. The number of aromatic nitrogens is 3. The van der Waals surface area contributed by atoms with Crippen LogP contribution in [-0.4, -0.2) is 14.1 Å². The quantitative estimate of drug-likeness (QED) is 0.745. The van der Waals surface area contributed by atoms with Gasteiger partial charge in [0.1, 0.15) is 0 Å². The van der Waals surface area contributed by atoms with Crippen molar-refractivity contribution in [2.75, 3.05) is 0 Å². The molecule has 0 N–H and O–H groups in total. The van der Waals surface area contributed by atoms with E-state index in [4.69, 9.17) is 0 Å². The van der Waals surface area contributed by atoms with E-state index in [1.807, 2.05) is 22.8 Å². The van der Waals surface area contributed by atoms with Gasteiger partial charge in [-0.15, -0.1) is 0 Å². The highest BCUT2D eigenvalue weighted by molar-refractivity contribution is 5.84. The largest absolute Gasteiger partial charge is 0.328 e. The van der Waals surface area contributed by atoms with E-state index in [1.165, 1.54) is 19.3 Å². The molecule has 4 rings (SSSR count). The molecule has 0 spiro atoms. The summed E-state index contributed by atoms with van der Waals surface area (Å²) in [7, 11) is 1.81. The summed E-state index contributed by atoms with van der Waals surface area (Å²) in [6, 6.07) is 9.84. The third-order valence-corrected chi connectivity index (χ3v) is 5.06. The van der Waals surface area contributed by atoms with Crippen LogP contribution in [0.5, 0.6) is 0 Å². The van der Waals surface area contributed by atoms with Gasteiger partial charge in [-0.2, -0.15) is 5.26 Å². The Bertz CT molecular complexity index is 1020. The van der Waals surface area contributed by atoms with Crippen LogP contribution in [0.2, 0.25) is 0 Å². The maximum absolute atomic E-state index is 12.6.